The van der Waals surface area contributed by atoms with Gasteiger partial charge in [-0.15, -0.1) is 0 Å². The summed E-state index contributed by atoms with van der Waals surface area (Å²) in [5, 5.41) is 0. The summed E-state index contributed by atoms with van der Waals surface area (Å²) >= 11 is 0. The average molecular weight is 323 g/mol. The number of pyridine rings is 1. The minimum Gasteiger partial charge on any atom is -0.353 e. The van der Waals surface area contributed by atoms with Crippen LogP contribution in [0, 0.1) is 5.82 Å². The molecule has 5 nitrogen and oxygen atoms in total. The summed E-state index contributed by atoms with van der Waals surface area (Å²) in [6.07, 6.45) is 1.31. The molecule has 1 unspecified atom stereocenters. The number of halogens is 1. The summed E-state index contributed by atoms with van der Waals surface area (Å²) in [6.45, 7) is 1.97. The molecule has 118 valence electrons. The van der Waals surface area contributed by atoms with E-state index < -0.39 is 10.0 Å². The van der Waals surface area contributed by atoms with E-state index >= 15 is 0 Å². The van der Waals surface area contributed by atoms with Crippen LogP contribution in [0.15, 0.2) is 47.5 Å². The molecule has 0 saturated carbocycles. The molecule has 0 fully saturated rings. The monoisotopic (exact) mass is 323 g/mol. The van der Waals surface area contributed by atoms with Gasteiger partial charge in [0.2, 0.25) is 10.0 Å². The highest BCUT2D eigenvalue weighted by Gasteiger charge is 2.16. The molecule has 0 saturated heterocycles. The molecular weight excluding hydrogens is 305 g/mol. The Morgan fingerprint density at radius 1 is 1.18 bits per heavy atom. The van der Waals surface area contributed by atoms with Crippen molar-refractivity contribution in [1.29, 1.82) is 0 Å². The van der Waals surface area contributed by atoms with Gasteiger partial charge in [0.05, 0.1) is 6.04 Å². The first-order valence-electron chi connectivity index (χ1n) is 6.73. The van der Waals surface area contributed by atoms with Gasteiger partial charge in [-0.05, 0) is 43.8 Å². The number of anilines is 1. The van der Waals surface area contributed by atoms with Crippen LogP contribution in [0.5, 0.6) is 0 Å². The van der Waals surface area contributed by atoms with Gasteiger partial charge in [0.1, 0.15) is 16.5 Å². The van der Waals surface area contributed by atoms with Gasteiger partial charge in [-0.1, -0.05) is 12.1 Å². The third kappa shape index (κ3) is 3.42. The minimum absolute atomic E-state index is 0.0279. The number of nitrogens with one attached hydrogen (secondary N) is 1. The summed E-state index contributed by atoms with van der Waals surface area (Å²) in [7, 11) is -0.288. The lowest BCUT2D eigenvalue weighted by Crippen LogP contribution is -2.23. The van der Waals surface area contributed by atoms with Gasteiger partial charge in [-0.25, -0.2) is 22.5 Å². The number of hydrogen-bond acceptors (Lipinski definition) is 4. The van der Waals surface area contributed by atoms with E-state index in [1.807, 2.05) is 18.9 Å². The minimum atomic E-state index is -3.49. The smallest absolute Gasteiger partial charge is 0.241 e. The molecule has 0 bridgehead atoms. The highest BCUT2D eigenvalue weighted by atomic mass is 32.2. The molecule has 0 amide bonds. The van der Waals surface area contributed by atoms with Gasteiger partial charge >= 0.3 is 0 Å². The summed E-state index contributed by atoms with van der Waals surface area (Å²) in [5.74, 6) is 0.352. The van der Waals surface area contributed by atoms with E-state index in [9.17, 15) is 12.8 Å². The van der Waals surface area contributed by atoms with E-state index in [1.165, 1.54) is 31.4 Å². The third-order valence-corrected chi connectivity index (χ3v) is 4.99. The first kappa shape index (κ1) is 16.4. The molecule has 1 atom stereocenters. The molecule has 0 aliphatic carbocycles. The number of rotatable bonds is 5. The molecule has 0 radical (unpaired) electrons. The standard InChI is InChI=1S/C15H18FN3O2S/c1-11(12-4-6-13(16)7-5-12)19(3)15-9-8-14(10-18-15)22(20,21)17-2/h4-11,17H,1-3H3. The molecule has 1 heterocycles. The summed E-state index contributed by atoms with van der Waals surface area (Å²) in [5.41, 5.74) is 0.942. The first-order chi connectivity index (χ1) is 10.3. The van der Waals surface area contributed by atoms with E-state index in [4.69, 9.17) is 0 Å². The number of aromatic nitrogens is 1. The van der Waals surface area contributed by atoms with Crippen LogP contribution in [0.1, 0.15) is 18.5 Å². The molecule has 2 aromatic rings. The molecule has 1 aromatic carbocycles. The van der Waals surface area contributed by atoms with E-state index in [1.54, 1.807) is 18.2 Å². The van der Waals surface area contributed by atoms with Crippen LogP contribution >= 0.6 is 0 Å². The Balaban J connectivity index is 2.22. The van der Waals surface area contributed by atoms with Crippen molar-refractivity contribution in [3.63, 3.8) is 0 Å². The zero-order valence-corrected chi connectivity index (χ0v) is 13.4. The fraction of sp³-hybridized carbons (Fsp3) is 0.267. The maximum absolute atomic E-state index is 13.0. The van der Waals surface area contributed by atoms with Gasteiger partial charge in [-0.2, -0.15) is 0 Å². The first-order valence-corrected chi connectivity index (χ1v) is 8.21. The molecule has 1 aromatic heterocycles. The molecule has 22 heavy (non-hydrogen) atoms. The SMILES string of the molecule is CNS(=O)(=O)c1ccc(N(C)C(C)c2ccc(F)cc2)nc1. The van der Waals surface area contributed by atoms with Crippen LogP contribution in [0.4, 0.5) is 10.2 Å². The summed E-state index contributed by atoms with van der Waals surface area (Å²) < 4.78 is 38.6. The Morgan fingerprint density at radius 3 is 2.32 bits per heavy atom. The van der Waals surface area contributed by atoms with E-state index in [2.05, 4.69) is 9.71 Å². The Kier molecular flexibility index (Phi) is 4.77. The summed E-state index contributed by atoms with van der Waals surface area (Å²) in [6, 6.07) is 9.38. The number of hydrogen-bond donors (Lipinski definition) is 1. The summed E-state index contributed by atoms with van der Waals surface area (Å²) in [4.78, 5) is 6.19. The van der Waals surface area contributed by atoms with Crippen LogP contribution < -0.4 is 9.62 Å². The van der Waals surface area contributed by atoms with Crippen LogP contribution in [0.25, 0.3) is 0 Å². The van der Waals surface area contributed by atoms with Gasteiger partial charge in [0.15, 0.2) is 0 Å². The lowest BCUT2D eigenvalue weighted by atomic mass is 10.1. The highest BCUT2D eigenvalue weighted by molar-refractivity contribution is 7.89. The lowest BCUT2D eigenvalue weighted by molar-refractivity contribution is 0.587. The van der Waals surface area contributed by atoms with Crippen LogP contribution in [0.2, 0.25) is 0 Å². The zero-order valence-electron chi connectivity index (χ0n) is 12.6. The Hall–Kier alpha value is -1.99. The second-order valence-corrected chi connectivity index (χ2v) is 6.78. The van der Waals surface area contributed by atoms with Crippen LogP contribution in [-0.4, -0.2) is 27.5 Å². The van der Waals surface area contributed by atoms with Crippen molar-refractivity contribution in [2.75, 3.05) is 19.0 Å². The topological polar surface area (TPSA) is 62.3 Å². The predicted octanol–water partition coefficient (Wildman–Crippen LogP) is 2.33. The van der Waals surface area contributed by atoms with Crippen molar-refractivity contribution >= 4 is 15.8 Å². The molecule has 7 heteroatoms. The van der Waals surface area contributed by atoms with E-state index in [0.29, 0.717) is 5.82 Å². The zero-order chi connectivity index (χ0) is 16.3. The maximum atomic E-state index is 13.0. The van der Waals surface area contributed by atoms with Crippen LogP contribution in [0.3, 0.4) is 0 Å². The number of benzene rings is 1. The maximum Gasteiger partial charge on any atom is 0.241 e. The fourth-order valence-electron chi connectivity index (χ4n) is 2.02. The van der Waals surface area contributed by atoms with Gasteiger partial charge in [0.25, 0.3) is 0 Å². The third-order valence-electron chi connectivity index (χ3n) is 3.59. The Morgan fingerprint density at radius 2 is 1.82 bits per heavy atom. The number of sulfonamides is 1. The number of nitrogens with zero attached hydrogens (tertiary/aromatic N) is 2. The Bertz CT molecular complexity index is 730. The quantitative estimate of drug-likeness (QED) is 0.917. The predicted molar refractivity (Wildman–Crippen MR) is 83.7 cm³/mol. The average Bonchev–Trinajstić information content (AvgIpc) is 2.54. The Labute approximate surface area is 129 Å². The van der Waals surface area contributed by atoms with Crippen molar-refractivity contribution in [1.82, 2.24) is 9.71 Å². The lowest BCUT2D eigenvalue weighted by Gasteiger charge is -2.26. The normalized spacial score (nSPS) is 12.9. The van der Waals surface area contributed by atoms with Crippen molar-refractivity contribution in [2.24, 2.45) is 0 Å². The van der Waals surface area contributed by atoms with Crippen molar-refractivity contribution in [3.05, 3.63) is 54.0 Å². The molecule has 0 aliphatic heterocycles. The van der Waals surface area contributed by atoms with Crippen LogP contribution in [-0.2, 0) is 10.0 Å². The molecular formula is C15H18FN3O2S. The molecule has 1 N–H and O–H groups in total. The highest BCUT2D eigenvalue weighted by Crippen LogP contribution is 2.24. The van der Waals surface area contributed by atoms with Crippen molar-refractivity contribution < 1.29 is 12.8 Å². The fourth-order valence-corrected chi connectivity index (χ4v) is 2.70. The molecule has 0 spiro atoms. The van der Waals surface area contributed by atoms with Gasteiger partial charge in [-0.3, -0.25) is 0 Å². The van der Waals surface area contributed by atoms with Crippen molar-refractivity contribution in [2.45, 2.75) is 17.9 Å². The van der Waals surface area contributed by atoms with Crippen molar-refractivity contribution in [3.8, 4) is 0 Å². The van der Waals surface area contributed by atoms with Gasteiger partial charge in [0, 0.05) is 13.2 Å². The second-order valence-electron chi connectivity index (χ2n) is 4.90. The molecule has 2 rings (SSSR count). The largest absolute Gasteiger partial charge is 0.353 e. The van der Waals surface area contributed by atoms with E-state index in [-0.39, 0.29) is 16.8 Å². The van der Waals surface area contributed by atoms with E-state index in [0.717, 1.165) is 5.56 Å². The molecule has 0 aliphatic rings. The van der Waals surface area contributed by atoms with Gasteiger partial charge < -0.3 is 4.90 Å². The second kappa shape index (κ2) is 6.41.